The molecule has 1 heterocycles. The lowest BCUT2D eigenvalue weighted by Gasteiger charge is -2.11. The maximum absolute atomic E-state index is 9.48. The average molecular weight is 281 g/mol. The lowest BCUT2D eigenvalue weighted by atomic mass is 10.1. The number of aliphatic hydroxyl groups is 1. The molecule has 0 radical (unpaired) electrons. The van der Waals surface area contributed by atoms with Gasteiger partial charge in [0, 0.05) is 16.9 Å². The van der Waals surface area contributed by atoms with Crippen LogP contribution in [0.25, 0.3) is 5.69 Å². The highest BCUT2D eigenvalue weighted by Crippen LogP contribution is 2.25. The summed E-state index contributed by atoms with van der Waals surface area (Å²) in [5.41, 5.74) is 1.92. The van der Waals surface area contributed by atoms with E-state index in [0.717, 1.165) is 21.5 Å². The molecule has 3 nitrogen and oxygen atoms in total. The second kappa shape index (κ2) is 4.39. The molecule has 84 valence electrons. The molecule has 1 aromatic carbocycles. The summed E-state index contributed by atoms with van der Waals surface area (Å²) in [5, 5.41) is 9.48. The van der Waals surface area contributed by atoms with Gasteiger partial charge in [-0.05, 0) is 47.5 Å². The summed E-state index contributed by atoms with van der Waals surface area (Å²) in [6.07, 6.45) is 3.23. The Morgan fingerprint density at radius 1 is 1.44 bits per heavy atom. The molecule has 0 unspecified atom stereocenters. The Morgan fingerprint density at radius 3 is 2.69 bits per heavy atom. The molecular weight excluding hydrogens is 268 g/mol. The van der Waals surface area contributed by atoms with Gasteiger partial charge < -0.3 is 9.67 Å². The van der Waals surface area contributed by atoms with Crippen molar-refractivity contribution in [2.24, 2.45) is 0 Å². The number of aromatic nitrogens is 2. The van der Waals surface area contributed by atoms with E-state index < -0.39 is 6.10 Å². The van der Waals surface area contributed by atoms with Crippen LogP contribution in [-0.4, -0.2) is 14.7 Å². The molecule has 0 saturated heterocycles. The Balaban J connectivity index is 2.48. The van der Waals surface area contributed by atoms with Crippen LogP contribution in [0.15, 0.2) is 35.1 Å². The monoisotopic (exact) mass is 280 g/mol. The first-order valence-corrected chi connectivity index (χ1v) is 5.86. The number of hydrogen-bond donors (Lipinski definition) is 1. The van der Waals surface area contributed by atoms with Crippen molar-refractivity contribution in [3.05, 3.63) is 46.5 Å². The second-order valence-corrected chi connectivity index (χ2v) is 4.59. The van der Waals surface area contributed by atoms with Gasteiger partial charge in [-0.15, -0.1) is 0 Å². The van der Waals surface area contributed by atoms with Gasteiger partial charge in [0.2, 0.25) is 0 Å². The molecule has 0 aliphatic carbocycles. The smallest absolute Gasteiger partial charge is 0.110 e. The van der Waals surface area contributed by atoms with E-state index >= 15 is 0 Å². The quantitative estimate of drug-likeness (QED) is 0.919. The number of benzene rings is 1. The van der Waals surface area contributed by atoms with E-state index in [2.05, 4.69) is 20.9 Å². The Kier molecular flexibility index (Phi) is 3.12. The minimum Gasteiger partial charge on any atom is -0.389 e. The highest BCUT2D eigenvalue weighted by atomic mass is 79.9. The van der Waals surface area contributed by atoms with E-state index in [0.29, 0.717) is 0 Å². The van der Waals surface area contributed by atoms with Crippen LogP contribution in [-0.2, 0) is 0 Å². The van der Waals surface area contributed by atoms with Crippen LogP contribution in [0, 0.1) is 6.92 Å². The van der Waals surface area contributed by atoms with Gasteiger partial charge in [0.05, 0.1) is 11.8 Å². The van der Waals surface area contributed by atoms with Crippen molar-refractivity contribution in [1.29, 1.82) is 0 Å². The molecule has 16 heavy (non-hydrogen) atoms. The number of nitrogens with zero attached hydrogens (tertiary/aromatic N) is 2. The number of aliphatic hydroxyl groups excluding tert-OH is 1. The SMILES string of the molecule is Cc1nccn1-c1ccc([C@@H](C)O)cc1Br. The molecule has 1 atom stereocenters. The topological polar surface area (TPSA) is 38.0 Å². The predicted octanol–water partition coefficient (Wildman–Crippen LogP) is 3.00. The van der Waals surface area contributed by atoms with Gasteiger partial charge in [-0.2, -0.15) is 0 Å². The molecule has 0 spiro atoms. The molecule has 0 saturated carbocycles. The molecule has 1 N–H and O–H groups in total. The largest absolute Gasteiger partial charge is 0.389 e. The van der Waals surface area contributed by atoms with Crippen LogP contribution in [0.5, 0.6) is 0 Å². The van der Waals surface area contributed by atoms with Crippen molar-refractivity contribution in [3.8, 4) is 5.69 Å². The molecule has 1 aromatic heterocycles. The number of halogens is 1. The Bertz CT molecular complexity index is 505. The van der Waals surface area contributed by atoms with Crippen molar-refractivity contribution >= 4 is 15.9 Å². The van der Waals surface area contributed by atoms with Crippen molar-refractivity contribution in [3.63, 3.8) is 0 Å². The summed E-state index contributed by atoms with van der Waals surface area (Å²) in [6, 6.07) is 5.82. The van der Waals surface area contributed by atoms with E-state index in [-0.39, 0.29) is 0 Å². The zero-order valence-electron chi connectivity index (χ0n) is 9.18. The Morgan fingerprint density at radius 2 is 2.19 bits per heavy atom. The van der Waals surface area contributed by atoms with Gasteiger partial charge in [-0.3, -0.25) is 0 Å². The number of aryl methyl sites for hydroxylation is 1. The number of imidazole rings is 1. The summed E-state index contributed by atoms with van der Waals surface area (Å²) in [6.45, 7) is 3.71. The van der Waals surface area contributed by atoms with Gasteiger partial charge in [0.25, 0.3) is 0 Å². The Labute approximate surface area is 103 Å². The van der Waals surface area contributed by atoms with Gasteiger partial charge >= 0.3 is 0 Å². The average Bonchev–Trinajstić information content (AvgIpc) is 2.64. The predicted molar refractivity (Wildman–Crippen MR) is 66.6 cm³/mol. The first-order chi connectivity index (χ1) is 7.59. The van der Waals surface area contributed by atoms with E-state index in [9.17, 15) is 5.11 Å². The molecule has 0 aliphatic heterocycles. The molecule has 2 aromatic rings. The fourth-order valence-electron chi connectivity index (χ4n) is 1.61. The minimum absolute atomic E-state index is 0.450. The van der Waals surface area contributed by atoms with Crippen LogP contribution in [0.4, 0.5) is 0 Å². The summed E-state index contributed by atoms with van der Waals surface area (Å²) in [4.78, 5) is 4.18. The molecule has 4 heteroatoms. The Hall–Kier alpha value is -1.13. The van der Waals surface area contributed by atoms with Crippen LogP contribution in [0.3, 0.4) is 0 Å². The van der Waals surface area contributed by atoms with E-state index in [1.165, 1.54) is 0 Å². The van der Waals surface area contributed by atoms with Crippen LogP contribution in [0.1, 0.15) is 24.4 Å². The lowest BCUT2D eigenvalue weighted by Crippen LogP contribution is -1.98. The zero-order valence-corrected chi connectivity index (χ0v) is 10.8. The first kappa shape index (κ1) is 11.4. The second-order valence-electron chi connectivity index (χ2n) is 3.73. The third-order valence-corrected chi connectivity index (χ3v) is 3.17. The van der Waals surface area contributed by atoms with E-state index in [1.807, 2.05) is 35.9 Å². The lowest BCUT2D eigenvalue weighted by molar-refractivity contribution is 0.199. The highest BCUT2D eigenvalue weighted by Gasteiger charge is 2.08. The third-order valence-electron chi connectivity index (χ3n) is 2.54. The molecular formula is C12H13BrN2O. The molecule has 0 aliphatic rings. The normalized spacial score (nSPS) is 12.8. The van der Waals surface area contributed by atoms with Crippen LogP contribution >= 0.6 is 15.9 Å². The minimum atomic E-state index is -0.450. The van der Waals surface area contributed by atoms with Gasteiger partial charge in [-0.25, -0.2) is 4.98 Å². The van der Waals surface area contributed by atoms with E-state index in [4.69, 9.17) is 0 Å². The zero-order chi connectivity index (χ0) is 11.7. The van der Waals surface area contributed by atoms with Crippen LogP contribution < -0.4 is 0 Å². The fourth-order valence-corrected chi connectivity index (χ4v) is 2.20. The van der Waals surface area contributed by atoms with E-state index in [1.54, 1.807) is 13.1 Å². The molecule has 2 rings (SSSR count). The highest BCUT2D eigenvalue weighted by molar-refractivity contribution is 9.10. The number of hydrogen-bond acceptors (Lipinski definition) is 2. The summed E-state index contributed by atoms with van der Waals surface area (Å²) >= 11 is 3.51. The van der Waals surface area contributed by atoms with Gasteiger partial charge in [0.15, 0.2) is 0 Å². The summed E-state index contributed by atoms with van der Waals surface area (Å²) in [5.74, 6) is 0.936. The van der Waals surface area contributed by atoms with Crippen molar-refractivity contribution < 1.29 is 5.11 Å². The van der Waals surface area contributed by atoms with Crippen molar-refractivity contribution in [2.75, 3.05) is 0 Å². The van der Waals surface area contributed by atoms with Gasteiger partial charge in [-0.1, -0.05) is 6.07 Å². The van der Waals surface area contributed by atoms with Crippen molar-refractivity contribution in [2.45, 2.75) is 20.0 Å². The summed E-state index contributed by atoms with van der Waals surface area (Å²) in [7, 11) is 0. The fraction of sp³-hybridized carbons (Fsp3) is 0.250. The standard InChI is InChI=1S/C12H13BrN2O/c1-8(16)10-3-4-12(11(13)7-10)15-6-5-14-9(15)2/h3-8,16H,1-2H3/t8-/m1/s1. The van der Waals surface area contributed by atoms with Crippen molar-refractivity contribution in [1.82, 2.24) is 9.55 Å². The number of rotatable bonds is 2. The molecule has 0 fully saturated rings. The maximum Gasteiger partial charge on any atom is 0.110 e. The maximum atomic E-state index is 9.48. The summed E-state index contributed by atoms with van der Waals surface area (Å²) < 4.78 is 2.95. The van der Waals surface area contributed by atoms with Gasteiger partial charge in [0.1, 0.15) is 5.82 Å². The molecule has 0 bridgehead atoms. The first-order valence-electron chi connectivity index (χ1n) is 5.07. The third kappa shape index (κ3) is 2.03. The molecule has 0 amide bonds. The van der Waals surface area contributed by atoms with Crippen LogP contribution in [0.2, 0.25) is 0 Å².